The van der Waals surface area contributed by atoms with Crippen LogP contribution < -0.4 is 20.7 Å². The number of benzene rings is 1. The first-order valence-corrected chi connectivity index (χ1v) is 14.0. The van der Waals surface area contributed by atoms with Crippen molar-refractivity contribution in [2.24, 2.45) is 22.9 Å². The van der Waals surface area contributed by atoms with E-state index in [0.717, 1.165) is 49.9 Å². The van der Waals surface area contributed by atoms with Gasteiger partial charge in [-0.2, -0.15) is 8.42 Å². The molecule has 1 aromatic carbocycles. The van der Waals surface area contributed by atoms with E-state index in [-0.39, 0.29) is 30.2 Å². The van der Waals surface area contributed by atoms with Crippen LogP contribution in [0.25, 0.3) is 0 Å². The van der Waals surface area contributed by atoms with Crippen LogP contribution in [-0.2, 0) is 20.4 Å². The number of halogens is 1. The number of fused-ring (bicyclic) bond motifs is 2. The van der Waals surface area contributed by atoms with Crippen LogP contribution >= 0.6 is 0 Å². The van der Waals surface area contributed by atoms with Gasteiger partial charge in [-0.1, -0.05) is 19.9 Å². The number of nitrogens with one attached hydrogen (secondary N) is 3. The lowest BCUT2D eigenvalue weighted by Crippen LogP contribution is -2.59. The van der Waals surface area contributed by atoms with E-state index in [1.54, 1.807) is 6.07 Å². The minimum absolute atomic E-state index is 0.0708. The number of nitrogens with zero attached hydrogens (tertiary/aromatic N) is 1. The molecule has 1 aromatic rings. The maximum atomic E-state index is 14.6. The van der Waals surface area contributed by atoms with E-state index in [2.05, 4.69) is 29.4 Å². The van der Waals surface area contributed by atoms with E-state index in [9.17, 15) is 17.6 Å². The van der Waals surface area contributed by atoms with Gasteiger partial charge < -0.3 is 10.2 Å². The lowest BCUT2D eigenvalue weighted by atomic mass is 9.63. The molecule has 1 atom stereocenters. The van der Waals surface area contributed by atoms with E-state index in [0.29, 0.717) is 31.2 Å². The predicted molar refractivity (Wildman–Crippen MR) is 129 cm³/mol. The summed E-state index contributed by atoms with van der Waals surface area (Å²) in [5.41, 5.74) is 3.85. The van der Waals surface area contributed by atoms with Crippen molar-refractivity contribution in [2.45, 2.75) is 63.8 Å². The second kappa shape index (κ2) is 10.2. The van der Waals surface area contributed by atoms with Gasteiger partial charge in [0.1, 0.15) is 5.82 Å². The highest BCUT2D eigenvalue weighted by Crippen LogP contribution is 2.51. The summed E-state index contributed by atoms with van der Waals surface area (Å²) >= 11 is 0. The standard InChI is InChI=1S/C24H38FN5O3S/c1-16(2)17-3-5-18(6-4-17)22-20-15-19(25)7-8-21(20)24(9-11-27-12-10-24)23(31)30(22)14-13-28-29-34(26,32)33/h7-8,15-18,22,27-29H,3-6,9-14H2,1-2H3,(H2,26,32,33). The van der Waals surface area contributed by atoms with Gasteiger partial charge >= 0.3 is 0 Å². The first-order valence-electron chi connectivity index (χ1n) is 12.5. The van der Waals surface area contributed by atoms with Crippen LogP contribution in [0.15, 0.2) is 18.2 Å². The number of hydrogen-bond donors (Lipinski definition) is 4. The summed E-state index contributed by atoms with van der Waals surface area (Å²) in [6.45, 7) is 6.49. The largest absolute Gasteiger partial charge is 0.333 e. The Morgan fingerprint density at radius 1 is 1.21 bits per heavy atom. The summed E-state index contributed by atoms with van der Waals surface area (Å²) < 4.78 is 37.1. The van der Waals surface area contributed by atoms with Crippen molar-refractivity contribution in [2.75, 3.05) is 26.2 Å². The molecule has 1 amide bonds. The van der Waals surface area contributed by atoms with Gasteiger partial charge in [-0.25, -0.2) is 15.0 Å². The highest BCUT2D eigenvalue weighted by molar-refractivity contribution is 7.87. The molecule has 5 N–H and O–H groups in total. The van der Waals surface area contributed by atoms with Crippen molar-refractivity contribution in [3.63, 3.8) is 0 Å². The van der Waals surface area contributed by atoms with Crippen molar-refractivity contribution in [1.82, 2.24) is 20.5 Å². The van der Waals surface area contributed by atoms with E-state index in [1.807, 2.05) is 11.0 Å². The molecule has 2 fully saturated rings. The Balaban J connectivity index is 1.69. The zero-order valence-electron chi connectivity index (χ0n) is 20.1. The predicted octanol–water partition coefficient (Wildman–Crippen LogP) is 2.09. The molecule has 190 valence electrons. The molecule has 2 heterocycles. The average Bonchev–Trinajstić information content (AvgIpc) is 2.80. The average molecular weight is 496 g/mol. The van der Waals surface area contributed by atoms with Crippen LogP contribution in [0.3, 0.4) is 0 Å². The van der Waals surface area contributed by atoms with Crippen LogP contribution in [-0.4, -0.2) is 45.4 Å². The fraction of sp³-hybridized carbons (Fsp3) is 0.708. The molecular formula is C24H38FN5O3S. The lowest BCUT2D eigenvalue weighted by molar-refractivity contribution is -0.145. The quantitative estimate of drug-likeness (QED) is 0.341. The maximum Gasteiger partial charge on any atom is 0.287 e. The molecule has 0 radical (unpaired) electrons. The molecule has 8 nitrogen and oxygen atoms in total. The Bertz CT molecular complexity index is 988. The molecule has 1 unspecified atom stereocenters. The SMILES string of the molecule is CC(C)C1CCC(C2c3cc(F)ccc3C3(CCNCC3)C(=O)N2CCNNS(N)(=O)=O)CC1. The molecule has 10 heteroatoms. The highest BCUT2D eigenvalue weighted by atomic mass is 32.2. The Kier molecular flexibility index (Phi) is 7.64. The zero-order valence-corrected chi connectivity index (χ0v) is 21.0. The van der Waals surface area contributed by atoms with Crippen molar-refractivity contribution >= 4 is 16.1 Å². The summed E-state index contributed by atoms with van der Waals surface area (Å²) in [4.78, 5) is 18.2. The monoisotopic (exact) mass is 495 g/mol. The maximum absolute atomic E-state index is 14.6. The van der Waals surface area contributed by atoms with Crippen LogP contribution in [0.5, 0.6) is 0 Å². The van der Waals surface area contributed by atoms with Crippen molar-refractivity contribution in [1.29, 1.82) is 0 Å². The Labute approximate surface area is 202 Å². The number of hydrazine groups is 1. The summed E-state index contributed by atoms with van der Waals surface area (Å²) in [6.07, 6.45) is 5.51. The molecule has 3 aliphatic rings. The second-order valence-corrected chi connectivity index (χ2v) is 11.8. The third-order valence-corrected chi connectivity index (χ3v) is 8.64. The van der Waals surface area contributed by atoms with Crippen LogP contribution in [0, 0.1) is 23.6 Å². The number of piperidine rings is 1. The Morgan fingerprint density at radius 2 is 1.88 bits per heavy atom. The summed E-state index contributed by atoms with van der Waals surface area (Å²) in [5, 5.41) is 8.37. The highest BCUT2D eigenvalue weighted by Gasteiger charge is 2.52. The normalized spacial score (nSPS) is 27.3. The van der Waals surface area contributed by atoms with Gasteiger partial charge in [0, 0.05) is 13.1 Å². The summed E-state index contributed by atoms with van der Waals surface area (Å²) in [5.74, 6) is 1.33. The first-order chi connectivity index (χ1) is 16.1. The van der Waals surface area contributed by atoms with E-state index < -0.39 is 15.6 Å². The molecule has 0 bridgehead atoms. The molecule has 0 aromatic heterocycles. The Morgan fingerprint density at radius 3 is 2.50 bits per heavy atom. The number of carbonyl (C=O) groups is 1. The Hall–Kier alpha value is -1.59. The molecule has 1 saturated carbocycles. The van der Waals surface area contributed by atoms with Gasteiger partial charge in [-0.15, -0.1) is 4.83 Å². The van der Waals surface area contributed by atoms with Gasteiger partial charge in [0.05, 0.1) is 11.5 Å². The van der Waals surface area contributed by atoms with Gasteiger partial charge in [-0.05, 0) is 92.6 Å². The molecule has 1 aliphatic carbocycles. The third kappa shape index (κ3) is 5.16. The number of hydrogen-bond acceptors (Lipinski definition) is 5. The third-order valence-electron chi connectivity index (χ3n) is 8.21. The fourth-order valence-electron chi connectivity index (χ4n) is 6.44. The fourth-order valence-corrected chi connectivity index (χ4v) is 6.74. The van der Waals surface area contributed by atoms with Gasteiger partial charge in [0.15, 0.2) is 0 Å². The van der Waals surface area contributed by atoms with Crippen molar-refractivity contribution in [3.05, 3.63) is 35.1 Å². The number of nitrogens with two attached hydrogens (primary N) is 1. The van der Waals surface area contributed by atoms with Crippen molar-refractivity contribution < 1.29 is 17.6 Å². The topological polar surface area (TPSA) is 117 Å². The molecule has 34 heavy (non-hydrogen) atoms. The minimum Gasteiger partial charge on any atom is -0.333 e. The number of rotatable bonds is 7. The van der Waals surface area contributed by atoms with Gasteiger partial charge in [-0.3, -0.25) is 4.79 Å². The molecule has 2 aliphatic heterocycles. The van der Waals surface area contributed by atoms with E-state index in [4.69, 9.17) is 5.14 Å². The zero-order chi connectivity index (χ0) is 24.5. The second-order valence-electron chi connectivity index (χ2n) is 10.5. The first kappa shape index (κ1) is 25.5. The smallest absolute Gasteiger partial charge is 0.287 e. The molecule has 1 saturated heterocycles. The minimum atomic E-state index is -3.89. The number of amides is 1. The molecular weight excluding hydrogens is 457 g/mol. The number of carbonyl (C=O) groups excluding carboxylic acids is 1. The van der Waals surface area contributed by atoms with E-state index >= 15 is 0 Å². The lowest BCUT2D eigenvalue weighted by Gasteiger charge is -2.52. The van der Waals surface area contributed by atoms with Gasteiger partial charge in [0.25, 0.3) is 10.2 Å². The molecule has 4 rings (SSSR count). The summed E-state index contributed by atoms with van der Waals surface area (Å²) in [6, 6.07) is 4.73. The van der Waals surface area contributed by atoms with Gasteiger partial charge in [0.2, 0.25) is 5.91 Å². The van der Waals surface area contributed by atoms with Crippen LogP contribution in [0.4, 0.5) is 4.39 Å². The summed E-state index contributed by atoms with van der Waals surface area (Å²) in [7, 11) is -3.89. The van der Waals surface area contributed by atoms with Crippen LogP contribution in [0.1, 0.15) is 69.5 Å². The van der Waals surface area contributed by atoms with Crippen LogP contribution in [0.2, 0.25) is 0 Å². The molecule has 1 spiro atoms. The van der Waals surface area contributed by atoms with E-state index in [1.165, 1.54) is 6.07 Å². The van der Waals surface area contributed by atoms with Crippen molar-refractivity contribution in [3.8, 4) is 0 Å².